The molecule has 1 fully saturated rings. The lowest BCUT2D eigenvalue weighted by molar-refractivity contribution is -0.138. The van der Waals surface area contributed by atoms with Crippen molar-refractivity contribution in [2.45, 2.75) is 13.0 Å². The molecule has 0 aliphatic carbocycles. The Balaban J connectivity index is 2.28. The Morgan fingerprint density at radius 2 is 1.52 bits per heavy atom. The predicted molar refractivity (Wildman–Crippen MR) is 81.0 cm³/mol. The van der Waals surface area contributed by atoms with Gasteiger partial charge in [0.05, 0.1) is 11.3 Å². The van der Waals surface area contributed by atoms with E-state index >= 15 is 0 Å². The number of amides is 2. The first-order valence-corrected chi connectivity index (χ1v) is 7.08. The van der Waals surface area contributed by atoms with Gasteiger partial charge in [-0.2, -0.15) is 5.10 Å². The van der Waals surface area contributed by atoms with Gasteiger partial charge in [0.15, 0.2) is 0 Å². The number of likely N-dealkylation sites (N-methyl/N-ethyl adjacent to an activating group) is 2. The van der Waals surface area contributed by atoms with Crippen molar-refractivity contribution >= 4 is 17.5 Å². The Morgan fingerprint density at radius 1 is 0.913 bits per heavy atom. The number of rotatable bonds is 1. The third-order valence-corrected chi connectivity index (χ3v) is 4.67. The number of aromatic nitrogens is 2. The number of carbonyl (C=O) groups is 2. The molecule has 9 heteroatoms. The molecule has 0 saturated carbocycles. The topological polar surface area (TPSA) is 97.0 Å². The maximum atomic E-state index is 12.6. The van der Waals surface area contributed by atoms with Crippen LogP contribution in [0.1, 0.15) is 11.3 Å². The smallest absolute Gasteiger partial charge is 0.300 e. The summed E-state index contributed by atoms with van der Waals surface area (Å²) in [4.78, 5) is 50.2. The average Bonchev–Trinajstić information content (AvgIpc) is 2.96. The highest BCUT2D eigenvalue weighted by Gasteiger charge is 2.55. The minimum atomic E-state index is -0.818. The van der Waals surface area contributed by atoms with E-state index in [9.17, 15) is 19.2 Å². The standard InChI is InChI=1S/C14H17N5O4/c1-6-7(11(20)18(4)14(23)16(6)2)9-8-10(19(5)15-9)13(22)17(3)12(8)21/h8,10H,1-5H3. The van der Waals surface area contributed by atoms with Crippen molar-refractivity contribution in [3.63, 3.8) is 0 Å². The molecule has 3 rings (SSSR count). The number of fused-ring (bicyclic) bond motifs is 1. The number of imide groups is 1. The molecule has 2 unspecified atom stereocenters. The zero-order valence-electron chi connectivity index (χ0n) is 13.5. The molecule has 0 spiro atoms. The maximum Gasteiger partial charge on any atom is 0.330 e. The molecule has 2 atom stereocenters. The molecule has 0 bridgehead atoms. The second-order valence-electron chi connectivity index (χ2n) is 5.88. The van der Waals surface area contributed by atoms with Crippen molar-refractivity contribution in [1.82, 2.24) is 19.0 Å². The summed E-state index contributed by atoms with van der Waals surface area (Å²) in [5.41, 5.74) is -0.112. The van der Waals surface area contributed by atoms with Crippen molar-refractivity contribution < 1.29 is 9.59 Å². The van der Waals surface area contributed by atoms with Crippen molar-refractivity contribution in [3.05, 3.63) is 32.1 Å². The molecule has 0 radical (unpaired) electrons. The second kappa shape index (κ2) is 4.64. The van der Waals surface area contributed by atoms with E-state index in [1.807, 2.05) is 0 Å². The molecule has 2 amide bonds. The van der Waals surface area contributed by atoms with Gasteiger partial charge in [-0.25, -0.2) is 4.79 Å². The molecular weight excluding hydrogens is 302 g/mol. The Hall–Kier alpha value is -2.71. The monoisotopic (exact) mass is 319 g/mol. The molecule has 2 aliphatic rings. The van der Waals surface area contributed by atoms with Crippen LogP contribution in [0.4, 0.5) is 0 Å². The Kier molecular flexibility index (Phi) is 3.07. The molecule has 2 aliphatic heterocycles. The lowest BCUT2D eigenvalue weighted by Crippen LogP contribution is -2.43. The molecule has 0 aromatic carbocycles. The summed E-state index contributed by atoms with van der Waals surface area (Å²) in [5.74, 6) is -1.56. The fourth-order valence-electron chi connectivity index (χ4n) is 3.18. The van der Waals surface area contributed by atoms with Gasteiger partial charge in [-0.1, -0.05) is 0 Å². The highest BCUT2D eigenvalue weighted by molar-refractivity contribution is 6.23. The van der Waals surface area contributed by atoms with E-state index in [1.54, 1.807) is 21.0 Å². The first kappa shape index (κ1) is 15.2. The van der Waals surface area contributed by atoms with Crippen LogP contribution in [0.15, 0.2) is 14.7 Å². The van der Waals surface area contributed by atoms with Crippen LogP contribution >= 0.6 is 0 Å². The van der Waals surface area contributed by atoms with Gasteiger partial charge in [-0.05, 0) is 6.92 Å². The van der Waals surface area contributed by atoms with Crippen molar-refractivity contribution in [1.29, 1.82) is 0 Å². The zero-order chi connectivity index (χ0) is 17.2. The number of hydrogen-bond donors (Lipinski definition) is 0. The van der Waals surface area contributed by atoms with E-state index in [0.29, 0.717) is 5.69 Å². The number of hydrogen-bond acceptors (Lipinski definition) is 6. The van der Waals surface area contributed by atoms with Crippen LogP contribution in [0, 0.1) is 12.8 Å². The van der Waals surface area contributed by atoms with Crippen LogP contribution in [0.3, 0.4) is 0 Å². The van der Waals surface area contributed by atoms with Gasteiger partial charge >= 0.3 is 5.69 Å². The van der Waals surface area contributed by atoms with Crippen LogP contribution < -0.4 is 11.2 Å². The number of nitrogens with zero attached hydrogens (tertiary/aromatic N) is 5. The number of carbonyl (C=O) groups excluding carboxylic acids is 2. The lowest BCUT2D eigenvalue weighted by atomic mass is 9.92. The first-order chi connectivity index (χ1) is 10.7. The third-order valence-electron chi connectivity index (χ3n) is 4.67. The predicted octanol–water partition coefficient (Wildman–Crippen LogP) is -1.97. The summed E-state index contributed by atoms with van der Waals surface area (Å²) in [6, 6.07) is -0.733. The van der Waals surface area contributed by atoms with E-state index in [1.165, 1.54) is 23.7 Å². The normalized spacial score (nSPS) is 23.6. The van der Waals surface area contributed by atoms with Gasteiger partial charge < -0.3 is 4.57 Å². The zero-order valence-corrected chi connectivity index (χ0v) is 13.5. The van der Waals surface area contributed by atoms with E-state index in [0.717, 1.165) is 9.47 Å². The summed E-state index contributed by atoms with van der Waals surface area (Å²) in [6.45, 7) is 1.62. The first-order valence-electron chi connectivity index (χ1n) is 7.08. The van der Waals surface area contributed by atoms with Crippen LogP contribution in [0.2, 0.25) is 0 Å². The SMILES string of the molecule is Cc1c(C2=NN(C)C3C(=O)N(C)C(=O)C23)c(=O)n(C)c(=O)n1C. The van der Waals surface area contributed by atoms with Gasteiger partial charge in [0, 0.05) is 33.9 Å². The molecule has 122 valence electrons. The van der Waals surface area contributed by atoms with E-state index in [-0.39, 0.29) is 17.2 Å². The minimum Gasteiger partial charge on any atom is -0.300 e. The van der Waals surface area contributed by atoms with Gasteiger partial charge in [0.25, 0.3) is 11.5 Å². The molecule has 1 aromatic heterocycles. The Morgan fingerprint density at radius 3 is 2.13 bits per heavy atom. The largest absolute Gasteiger partial charge is 0.330 e. The average molecular weight is 319 g/mol. The summed E-state index contributed by atoms with van der Waals surface area (Å²) < 4.78 is 2.31. The van der Waals surface area contributed by atoms with Gasteiger partial charge in [0.2, 0.25) is 5.91 Å². The van der Waals surface area contributed by atoms with Crippen LogP contribution in [-0.4, -0.2) is 56.7 Å². The summed E-state index contributed by atoms with van der Waals surface area (Å²) in [5, 5.41) is 5.68. The fourth-order valence-corrected chi connectivity index (χ4v) is 3.18. The van der Waals surface area contributed by atoms with Crippen LogP contribution in [0.25, 0.3) is 0 Å². The minimum absolute atomic E-state index is 0.199. The summed E-state index contributed by atoms with van der Waals surface area (Å²) in [7, 11) is 5.93. The van der Waals surface area contributed by atoms with Crippen LogP contribution in [-0.2, 0) is 23.7 Å². The van der Waals surface area contributed by atoms with Gasteiger partial charge in [-0.3, -0.25) is 28.9 Å². The van der Waals surface area contributed by atoms with Crippen molar-refractivity contribution in [2.75, 3.05) is 14.1 Å². The summed E-state index contributed by atoms with van der Waals surface area (Å²) >= 11 is 0. The number of likely N-dealkylation sites (tertiary alicyclic amines) is 1. The van der Waals surface area contributed by atoms with Gasteiger partial charge in [-0.15, -0.1) is 0 Å². The highest BCUT2D eigenvalue weighted by atomic mass is 16.2. The van der Waals surface area contributed by atoms with E-state index in [2.05, 4.69) is 5.10 Å². The quantitative estimate of drug-likeness (QED) is 0.559. The molecule has 3 heterocycles. The maximum absolute atomic E-state index is 12.6. The van der Waals surface area contributed by atoms with E-state index in [4.69, 9.17) is 0 Å². The van der Waals surface area contributed by atoms with Crippen LogP contribution in [0.5, 0.6) is 0 Å². The summed E-state index contributed by atoms with van der Waals surface area (Å²) in [6.07, 6.45) is 0. The highest BCUT2D eigenvalue weighted by Crippen LogP contribution is 2.32. The molecule has 0 N–H and O–H groups in total. The van der Waals surface area contributed by atoms with E-state index < -0.39 is 29.1 Å². The lowest BCUT2D eigenvalue weighted by Gasteiger charge is -2.14. The Labute approximate surface area is 131 Å². The molecule has 9 nitrogen and oxygen atoms in total. The third kappa shape index (κ3) is 1.76. The second-order valence-corrected chi connectivity index (χ2v) is 5.88. The molecule has 23 heavy (non-hydrogen) atoms. The van der Waals surface area contributed by atoms with Crippen molar-refractivity contribution in [3.8, 4) is 0 Å². The fraction of sp³-hybridized carbons (Fsp3) is 0.500. The molecule has 1 aromatic rings. The van der Waals surface area contributed by atoms with Crippen molar-refractivity contribution in [2.24, 2.45) is 25.1 Å². The number of hydrazone groups is 1. The Bertz CT molecular complexity index is 894. The molecule has 1 saturated heterocycles. The van der Waals surface area contributed by atoms with Gasteiger partial charge in [0.1, 0.15) is 12.0 Å². The molecular formula is C14H17N5O4.